The van der Waals surface area contributed by atoms with Crippen LogP contribution in [0, 0.1) is 0 Å². The minimum absolute atomic E-state index is 0.0986. The van der Waals surface area contributed by atoms with E-state index in [9.17, 15) is 4.79 Å². The fourth-order valence-electron chi connectivity index (χ4n) is 2.50. The summed E-state index contributed by atoms with van der Waals surface area (Å²) in [6.07, 6.45) is 2.03. The minimum Gasteiger partial charge on any atom is -0.371 e. The molecule has 2 heterocycles. The van der Waals surface area contributed by atoms with Gasteiger partial charge in [0, 0.05) is 18.4 Å². The molecule has 98 valence electrons. The van der Waals surface area contributed by atoms with E-state index in [2.05, 4.69) is 15.9 Å². The lowest BCUT2D eigenvalue weighted by atomic mass is 10.1. The van der Waals surface area contributed by atoms with Gasteiger partial charge in [-0.3, -0.25) is 4.79 Å². The number of amides is 1. The smallest absolute Gasteiger partial charge is 0.251 e. The first-order valence-electron chi connectivity index (χ1n) is 6.25. The van der Waals surface area contributed by atoms with Crippen molar-refractivity contribution in [1.82, 2.24) is 4.90 Å². The highest BCUT2D eigenvalue weighted by Crippen LogP contribution is 2.23. The summed E-state index contributed by atoms with van der Waals surface area (Å²) < 4.78 is 11.4. The molecule has 0 aliphatic carbocycles. The number of carbonyl (C=O) groups excluding carboxylic acids is 1. The Kier molecular flexibility index (Phi) is 4.44. The van der Waals surface area contributed by atoms with Crippen LogP contribution in [0.25, 0.3) is 0 Å². The second-order valence-corrected chi connectivity index (χ2v) is 5.63. The molecule has 0 spiro atoms. The second kappa shape index (κ2) is 5.67. The number of halogens is 1. The van der Waals surface area contributed by atoms with Gasteiger partial charge in [-0.2, -0.15) is 0 Å². The number of hydrogen-bond donors (Lipinski definition) is 0. The molecule has 0 aromatic carbocycles. The van der Waals surface area contributed by atoms with Crippen molar-refractivity contribution < 1.29 is 14.3 Å². The highest BCUT2D eigenvalue weighted by molar-refractivity contribution is 9.09. The third kappa shape index (κ3) is 3.20. The summed E-state index contributed by atoms with van der Waals surface area (Å²) in [5.41, 5.74) is 0. The maximum Gasteiger partial charge on any atom is 0.251 e. The minimum atomic E-state index is -0.230. The van der Waals surface area contributed by atoms with Gasteiger partial charge in [0.05, 0.1) is 18.3 Å². The van der Waals surface area contributed by atoms with E-state index >= 15 is 0 Å². The van der Waals surface area contributed by atoms with Crippen molar-refractivity contribution in [2.24, 2.45) is 0 Å². The number of nitrogens with zero attached hydrogens (tertiary/aromatic N) is 1. The zero-order valence-electron chi connectivity index (χ0n) is 10.4. The fraction of sp³-hybridized carbons (Fsp3) is 0.917. The molecule has 2 rings (SSSR count). The van der Waals surface area contributed by atoms with Crippen molar-refractivity contribution in [1.29, 1.82) is 0 Å². The molecule has 17 heavy (non-hydrogen) atoms. The van der Waals surface area contributed by atoms with Crippen molar-refractivity contribution in [2.75, 3.05) is 18.4 Å². The zero-order valence-corrected chi connectivity index (χ0v) is 12.0. The largest absolute Gasteiger partial charge is 0.371 e. The number of alkyl halides is 1. The molecule has 1 amide bonds. The van der Waals surface area contributed by atoms with Gasteiger partial charge >= 0.3 is 0 Å². The SMILES string of the molecule is CC1CN(C(=O)C2CCC(C)O2)CC(CBr)O1. The van der Waals surface area contributed by atoms with Crippen molar-refractivity contribution in [3.05, 3.63) is 0 Å². The molecule has 2 saturated heterocycles. The summed E-state index contributed by atoms with van der Waals surface area (Å²) in [4.78, 5) is 14.2. The summed E-state index contributed by atoms with van der Waals surface area (Å²) in [5, 5.41) is 0.767. The summed E-state index contributed by atoms with van der Waals surface area (Å²) in [6, 6.07) is 0. The van der Waals surface area contributed by atoms with Crippen LogP contribution in [0.3, 0.4) is 0 Å². The van der Waals surface area contributed by atoms with Crippen molar-refractivity contribution >= 4 is 21.8 Å². The number of rotatable bonds is 2. The molecular formula is C12H20BrNO3. The van der Waals surface area contributed by atoms with E-state index in [1.807, 2.05) is 18.7 Å². The van der Waals surface area contributed by atoms with Gasteiger partial charge in [0.15, 0.2) is 0 Å². The lowest BCUT2D eigenvalue weighted by Crippen LogP contribution is -2.52. The Hall–Kier alpha value is -0.130. The molecule has 0 radical (unpaired) electrons. The molecule has 2 aliphatic heterocycles. The van der Waals surface area contributed by atoms with E-state index in [1.165, 1.54) is 0 Å². The van der Waals surface area contributed by atoms with Crippen LogP contribution < -0.4 is 0 Å². The Labute approximate surface area is 111 Å². The lowest BCUT2D eigenvalue weighted by Gasteiger charge is -2.37. The van der Waals surface area contributed by atoms with Gasteiger partial charge in [-0.05, 0) is 26.7 Å². The van der Waals surface area contributed by atoms with Gasteiger partial charge in [-0.25, -0.2) is 0 Å². The summed E-state index contributed by atoms with van der Waals surface area (Å²) in [7, 11) is 0. The molecule has 2 fully saturated rings. The highest BCUT2D eigenvalue weighted by Gasteiger charge is 2.35. The summed E-state index contributed by atoms with van der Waals surface area (Å²) >= 11 is 3.41. The molecule has 4 unspecified atom stereocenters. The van der Waals surface area contributed by atoms with Crippen LogP contribution in [0.4, 0.5) is 0 Å². The Morgan fingerprint density at radius 3 is 2.59 bits per heavy atom. The van der Waals surface area contributed by atoms with E-state index in [4.69, 9.17) is 9.47 Å². The van der Waals surface area contributed by atoms with Crippen LogP contribution in [0.1, 0.15) is 26.7 Å². The first-order valence-corrected chi connectivity index (χ1v) is 7.38. The molecule has 0 N–H and O–H groups in total. The van der Waals surface area contributed by atoms with Crippen LogP contribution in [0.2, 0.25) is 0 Å². The molecule has 4 nitrogen and oxygen atoms in total. The van der Waals surface area contributed by atoms with E-state index in [1.54, 1.807) is 0 Å². The van der Waals surface area contributed by atoms with Crippen LogP contribution in [0.15, 0.2) is 0 Å². The predicted molar refractivity (Wildman–Crippen MR) is 68.3 cm³/mol. The standard InChI is InChI=1S/C12H20BrNO3/c1-8-3-4-11(17-8)12(15)14-6-9(2)16-10(5-13)7-14/h8-11H,3-7H2,1-2H3. The van der Waals surface area contributed by atoms with Crippen LogP contribution in [-0.4, -0.2) is 53.6 Å². The van der Waals surface area contributed by atoms with E-state index in [-0.39, 0.29) is 30.3 Å². The quantitative estimate of drug-likeness (QED) is 0.727. The fourth-order valence-corrected chi connectivity index (χ4v) is 2.86. The Bertz CT molecular complexity index is 287. The van der Waals surface area contributed by atoms with Crippen LogP contribution in [-0.2, 0) is 14.3 Å². The van der Waals surface area contributed by atoms with Crippen molar-refractivity contribution in [2.45, 2.75) is 51.1 Å². The normalized spacial score (nSPS) is 38.4. The van der Waals surface area contributed by atoms with E-state index in [0.717, 1.165) is 18.2 Å². The number of hydrogen-bond acceptors (Lipinski definition) is 3. The lowest BCUT2D eigenvalue weighted by molar-refractivity contribution is -0.153. The molecule has 5 heteroatoms. The van der Waals surface area contributed by atoms with Crippen molar-refractivity contribution in [3.63, 3.8) is 0 Å². The molecule has 0 bridgehead atoms. The Morgan fingerprint density at radius 2 is 2.00 bits per heavy atom. The number of morpholine rings is 1. The molecule has 4 atom stereocenters. The van der Waals surface area contributed by atoms with Crippen LogP contribution >= 0.6 is 15.9 Å². The average Bonchev–Trinajstić information content (AvgIpc) is 2.74. The third-order valence-corrected chi connectivity index (χ3v) is 4.04. The van der Waals surface area contributed by atoms with E-state index < -0.39 is 0 Å². The average molecular weight is 306 g/mol. The molecule has 0 saturated carbocycles. The van der Waals surface area contributed by atoms with Gasteiger partial charge in [0.25, 0.3) is 5.91 Å². The maximum atomic E-state index is 12.3. The highest BCUT2D eigenvalue weighted by atomic mass is 79.9. The Balaban J connectivity index is 1.94. The molecular weight excluding hydrogens is 286 g/mol. The Morgan fingerprint density at radius 1 is 1.24 bits per heavy atom. The third-order valence-electron chi connectivity index (χ3n) is 3.32. The first-order chi connectivity index (χ1) is 8.10. The first kappa shape index (κ1) is 13.3. The van der Waals surface area contributed by atoms with Gasteiger partial charge < -0.3 is 14.4 Å². The molecule has 0 aromatic rings. The summed E-state index contributed by atoms with van der Waals surface area (Å²) in [5.74, 6) is 0.135. The summed E-state index contributed by atoms with van der Waals surface area (Å²) in [6.45, 7) is 5.38. The zero-order chi connectivity index (χ0) is 12.4. The van der Waals surface area contributed by atoms with Gasteiger partial charge in [-0.1, -0.05) is 15.9 Å². The second-order valence-electron chi connectivity index (χ2n) is 4.98. The van der Waals surface area contributed by atoms with E-state index in [0.29, 0.717) is 13.1 Å². The topological polar surface area (TPSA) is 38.8 Å². The van der Waals surface area contributed by atoms with Crippen molar-refractivity contribution in [3.8, 4) is 0 Å². The molecule has 0 aromatic heterocycles. The van der Waals surface area contributed by atoms with Gasteiger partial charge in [-0.15, -0.1) is 0 Å². The van der Waals surface area contributed by atoms with Crippen LogP contribution in [0.5, 0.6) is 0 Å². The number of carbonyl (C=O) groups is 1. The predicted octanol–water partition coefficient (Wildman–Crippen LogP) is 1.56. The molecule has 2 aliphatic rings. The van der Waals surface area contributed by atoms with Gasteiger partial charge in [0.2, 0.25) is 0 Å². The maximum absolute atomic E-state index is 12.3. The number of ether oxygens (including phenoxy) is 2. The van der Waals surface area contributed by atoms with Gasteiger partial charge in [0.1, 0.15) is 6.10 Å². The monoisotopic (exact) mass is 305 g/mol.